The largest absolute Gasteiger partial charge is 0.496 e. The van der Waals surface area contributed by atoms with Crippen LogP contribution < -0.4 is 4.74 Å². The second-order valence-electron chi connectivity index (χ2n) is 3.66. The molecule has 0 aliphatic heterocycles. The third-order valence-corrected chi connectivity index (χ3v) is 2.46. The molecule has 0 unspecified atom stereocenters. The Labute approximate surface area is 94.7 Å². The van der Waals surface area contributed by atoms with Crippen LogP contribution in [-0.2, 0) is 6.42 Å². The number of hydrogen-bond acceptors (Lipinski definition) is 3. The van der Waals surface area contributed by atoms with Gasteiger partial charge in [-0.15, -0.1) is 0 Å². The Kier molecular flexibility index (Phi) is 2.90. The average molecular weight is 217 g/mol. The molecule has 0 atom stereocenters. The lowest BCUT2D eigenvalue weighted by Crippen LogP contribution is -1.90. The summed E-state index contributed by atoms with van der Waals surface area (Å²) in [6, 6.07) is 5.98. The fraction of sp³-hybridized carbons (Fsp3) is 0.333. The van der Waals surface area contributed by atoms with Crippen LogP contribution in [0.1, 0.15) is 18.3 Å². The van der Waals surface area contributed by atoms with Gasteiger partial charge in [0.2, 0.25) is 0 Å². The van der Waals surface area contributed by atoms with Gasteiger partial charge in [0.05, 0.1) is 12.7 Å². The van der Waals surface area contributed by atoms with Crippen molar-refractivity contribution in [3.63, 3.8) is 0 Å². The van der Waals surface area contributed by atoms with E-state index in [0.29, 0.717) is 5.82 Å². The summed E-state index contributed by atoms with van der Waals surface area (Å²) in [7, 11) is 1.65. The van der Waals surface area contributed by atoms with Gasteiger partial charge in [-0.3, -0.25) is 5.10 Å². The summed E-state index contributed by atoms with van der Waals surface area (Å²) in [6.07, 6.45) is 0.848. The molecule has 0 radical (unpaired) electrons. The maximum absolute atomic E-state index is 5.30. The van der Waals surface area contributed by atoms with Crippen molar-refractivity contribution in [2.75, 3.05) is 7.11 Å². The zero-order valence-corrected chi connectivity index (χ0v) is 9.74. The number of benzene rings is 1. The van der Waals surface area contributed by atoms with Gasteiger partial charge in [0.15, 0.2) is 5.82 Å². The van der Waals surface area contributed by atoms with Crippen molar-refractivity contribution in [3.8, 4) is 17.1 Å². The molecular formula is C12H15N3O. The first kappa shape index (κ1) is 10.7. The third-order valence-electron chi connectivity index (χ3n) is 2.46. The molecule has 0 saturated heterocycles. The summed E-state index contributed by atoms with van der Waals surface area (Å²) in [6.45, 7) is 4.08. The van der Waals surface area contributed by atoms with Gasteiger partial charge in [-0.05, 0) is 19.1 Å². The van der Waals surface area contributed by atoms with Gasteiger partial charge in [-0.25, -0.2) is 4.98 Å². The number of aromatic nitrogens is 3. The van der Waals surface area contributed by atoms with Crippen molar-refractivity contribution in [2.24, 2.45) is 0 Å². The Morgan fingerprint density at radius 3 is 2.81 bits per heavy atom. The smallest absolute Gasteiger partial charge is 0.184 e. The topological polar surface area (TPSA) is 50.8 Å². The maximum atomic E-state index is 5.30. The van der Waals surface area contributed by atoms with Crippen LogP contribution >= 0.6 is 0 Å². The van der Waals surface area contributed by atoms with Gasteiger partial charge < -0.3 is 4.74 Å². The Bertz CT molecular complexity index is 491. The monoisotopic (exact) mass is 217 g/mol. The number of ether oxygens (including phenoxy) is 1. The van der Waals surface area contributed by atoms with Crippen LogP contribution in [0.15, 0.2) is 18.2 Å². The summed E-state index contributed by atoms with van der Waals surface area (Å²) >= 11 is 0. The molecule has 84 valence electrons. The van der Waals surface area contributed by atoms with E-state index in [1.165, 1.54) is 5.56 Å². The van der Waals surface area contributed by atoms with E-state index in [9.17, 15) is 0 Å². The molecule has 0 bridgehead atoms. The molecular weight excluding hydrogens is 202 g/mol. The van der Waals surface area contributed by atoms with Crippen LogP contribution in [0.3, 0.4) is 0 Å². The summed E-state index contributed by atoms with van der Waals surface area (Å²) < 4.78 is 5.30. The van der Waals surface area contributed by atoms with Crippen molar-refractivity contribution >= 4 is 0 Å². The molecule has 2 aromatic rings. The summed E-state index contributed by atoms with van der Waals surface area (Å²) in [4.78, 5) is 4.40. The lowest BCUT2D eigenvalue weighted by Gasteiger charge is -2.05. The third kappa shape index (κ3) is 1.91. The van der Waals surface area contributed by atoms with Gasteiger partial charge >= 0.3 is 0 Å². The van der Waals surface area contributed by atoms with E-state index < -0.39 is 0 Å². The zero-order valence-electron chi connectivity index (χ0n) is 9.74. The Balaban J connectivity index is 2.49. The standard InChI is InChI=1S/C12H15N3O/c1-4-11-13-12(15-14-11)9-7-8(2)5-6-10(9)16-3/h5-7H,4H2,1-3H3,(H,13,14,15). The lowest BCUT2D eigenvalue weighted by atomic mass is 10.1. The van der Waals surface area contributed by atoms with E-state index in [-0.39, 0.29) is 0 Å². The summed E-state index contributed by atoms with van der Waals surface area (Å²) in [5, 5.41) is 7.10. The molecule has 1 N–H and O–H groups in total. The molecule has 0 saturated carbocycles. The number of H-pyrrole nitrogens is 1. The molecule has 1 aromatic carbocycles. The molecule has 0 amide bonds. The average Bonchev–Trinajstić information content (AvgIpc) is 2.77. The maximum Gasteiger partial charge on any atom is 0.184 e. The van der Waals surface area contributed by atoms with Crippen LogP contribution in [0, 0.1) is 6.92 Å². The molecule has 4 nitrogen and oxygen atoms in total. The lowest BCUT2D eigenvalue weighted by molar-refractivity contribution is 0.416. The number of nitrogens with one attached hydrogen (secondary N) is 1. The van der Waals surface area contributed by atoms with E-state index in [4.69, 9.17) is 4.74 Å². The van der Waals surface area contributed by atoms with Crippen molar-refractivity contribution in [1.29, 1.82) is 0 Å². The van der Waals surface area contributed by atoms with E-state index in [2.05, 4.69) is 15.2 Å². The highest BCUT2D eigenvalue weighted by Gasteiger charge is 2.10. The van der Waals surface area contributed by atoms with Gasteiger partial charge in [-0.1, -0.05) is 18.6 Å². The molecule has 0 aliphatic rings. The van der Waals surface area contributed by atoms with Crippen molar-refractivity contribution < 1.29 is 4.74 Å². The predicted molar refractivity (Wildman–Crippen MR) is 62.5 cm³/mol. The Morgan fingerprint density at radius 1 is 1.38 bits per heavy atom. The number of rotatable bonds is 3. The fourth-order valence-electron chi connectivity index (χ4n) is 1.57. The zero-order chi connectivity index (χ0) is 11.5. The van der Waals surface area contributed by atoms with Gasteiger partial charge in [-0.2, -0.15) is 5.10 Å². The highest BCUT2D eigenvalue weighted by molar-refractivity contribution is 5.64. The van der Waals surface area contributed by atoms with Crippen LogP contribution in [0.2, 0.25) is 0 Å². The summed E-state index contributed by atoms with van der Waals surface area (Å²) in [5.74, 6) is 2.38. The van der Waals surface area contributed by atoms with Crippen LogP contribution in [0.5, 0.6) is 5.75 Å². The molecule has 16 heavy (non-hydrogen) atoms. The number of aryl methyl sites for hydroxylation is 2. The minimum atomic E-state index is 0.692. The Hall–Kier alpha value is -1.84. The first-order chi connectivity index (χ1) is 7.74. The minimum Gasteiger partial charge on any atom is -0.496 e. The number of aromatic amines is 1. The molecule has 1 heterocycles. The molecule has 0 fully saturated rings. The fourth-order valence-corrected chi connectivity index (χ4v) is 1.57. The minimum absolute atomic E-state index is 0.692. The van der Waals surface area contributed by atoms with Gasteiger partial charge in [0, 0.05) is 6.42 Å². The summed E-state index contributed by atoms with van der Waals surface area (Å²) in [5.41, 5.74) is 2.09. The number of hydrogen-bond donors (Lipinski definition) is 1. The van der Waals surface area contributed by atoms with E-state index in [1.54, 1.807) is 7.11 Å². The second-order valence-corrected chi connectivity index (χ2v) is 3.66. The molecule has 4 heteroatoms. The predicted octanol–water partition coefficient (Wildman–Crippen LogP) is 2.35. The van der Waals surface area contributed by atoms with E-state index >= 15 is 0 Å². The van der Waals surface area contributed by atoms with Crippen molar-refractivity contribution in [1.82, 2.24) is 15.2 Å². The van der Waals surface area contributed by atoms with Crippen molar-refractivity contribution in [3.05, 3.63) is 29.6 Å². The highest BCUT2D eigenvalue weighted by Crippen LogP contribution is 2.28. The van der Waals surface area contributed by atoms with Crippen molar-refractivity contribution in [2.45, 2.75) is 20.3 Å². The molecule has 1 aromatic heterocycles. The molecule has 0 spiro atoms. The quantitative estimate of drug-likeness (QED) is 0.858. The highest BCUT2D eigenvalue weighted by atomic mass is 16.5. The first-order valence-electron chi connectivity index (χ1n) is 5.31. The molecule has 0 aliphatic carbocycles. The SMILES string of the molecule is CCc1nc(-c2cc(C)ccc2OC)n[nH]1. The van der Waals surface area contributed by atoms with E-state index in [0.717, 1.165) is 23.6 Å². The van der Waals surface area contributed by atoms with Gasteiger partial charge in [0.25, 0.3) is 0 Å². The number of methoxy groups -OCH3 is 1. The second kappa shape index (κ2) is 4.35. The molecule has 2 rings (SSSR count). The van der Waals surface area contributed by atoms with Crippen LogP contribution in [0.4, 0.5) is 0 Å². The Morgan fingerprint density at radius 2 is 2.19 bits per heavy atom. The van der Waals surface area contributed by atoms with E-state index in [1.807, 2.05) is 32.0 Å². The first-order valence-corrected chi connectivity index (χ1v) is 5.31. The van der Waals surface area contributed by atoms with Crippen LogP contribution in [0.25, 0.3) is 11.4 Å². The van der Waals surface area contributed by atoms with Gasteiger partial charge in [0.1, 0.15) is 11.6 Å². The number of nitrogens with zero attached hydrogens (tertiary/aromatic N) is 2. The normalized spacial score (nSPS) is 10.4. The van der Waals surface area contributed by atoms with Crippen LogP contribution in [-0.4, -0.2) is 22.3 Å².